The standard InChI is InChI=1S/C7H13N3O2S/c1-10-7(8-5-9-10)4-13-3-6(12)2-11/h5-6,11-12H,2-4H2,1H3. The molecule has 13 heavy (non-hydrogen) atoms. The molecular weight excluding hydrogens is 190 g/mol. The maximum absolute atomic E-state index is 9.04. The molecule has 0 amide bonds. The van der Waals surface area contributed by atoms with Gasteiger partial charge in [-0.25, -0.2) is 4.98 Å². The lowest BCUT2D eigenvalue weighted by Gasteiger charge is -2.05. The normalized spacial score (nSPS) is 13.2. The highest BCUT2D eigenvalue weighted by molar-refractivity contribution is 7.98. The summed E-state index contributed by atoms with van der Waals surface area (Å²) >= 11 is 1.52. The van der Waals surface area contributed by atoms with Gasteiger partial charge in [-0.05, 0) is 0 Å². The van der Waals surface area contributed by atoms with Gasteiger partial charge in [-0.3, -0.25) is 4.68 Å². The number of rotatable bonds is 5. The predicted octanol–water partition coefficient (Wildman–Crippen LogP) is -0.598. The SMILES string of the molecule is Cn1ncnc1CSCC(O)CO. The van der Waals surface area contributed by atoms with Crippen LogP contribution in [0.5, 0.6) is 0 Å². The van der Waals surface area contributed by atoms with Crippen LogP contribution in [0.15, 0.2) is 6.33 Å². The van der Waals surface area contributed by atoms with Crippen molar-refractivity contribution in [2.75, 3.05) is 12.4 Å². The molecule has 0 saturated carbocycles. The lowest BCUT2D eigenvalue weighted by Crippen LogP contribution is -2.15. The molecule has 2 N–H and O–H groups in total. The van der Waals surface area contributed by atoms with Crippen LogP contribution in [0, 0.1) is 0 Å². The van der Waals surface area contributed by atoms with Crippen LogP contribution in [0.4, 0.5) is 0 Å². The van der Waals surface area contributed by atoms with E-state index in [4.69, 9.17) is 10.2 Å². The summed E-state index contributed by atoms with van der Waals surface area (Å²) in [6.45, 7) is -0.189. The molecule has 0 spiro atoms. The van der Waals surface area contributed by atoms with Gasteiger partial charge in [-0.15, -0.1) is 0 Å². The first-order chi connectivity index (χ1) is 6.24. The molecule has 0 aromatic carbocycles. The molecule has 0 aliphatic rings. The first-order valence-electron chi connectivity index (χ1n) is 3.93. The molecule has 74 valence electrons. The van der Waals surface area contributed by atoms with Crippen LogP contribution < -0.4 is 0 Å². The number of hydrogen-bond acceptors (Lipinski definition) is 5. The van der Waals surface area contributed by atoms with E-state index in [1.54, 1.807) is 4.68 Å². The van der Waals surface area contributed by atoms with E-state index in [9.17, 15) is 0 Å². The summed E-state index contributed by atoms with van der Waals surface area (Å²) in [6, 6.07) is 0. The molecule has 0 aliphatic heterocycles. The second-order valence-electron chi connectivity index (χ2n) is 2.65. The third-order valence-corrected chi connectivity index (χ3v) is 2.64. The van der Waals surface area contributed by atoms with Crippen molar-refractivity contribution in [1.82, 2.24) is 14.8 Å². The Labute approximate surface area is 80.8 Å². The van der Waals surface area contributed by atoms with E-state index in [-0.39, 0.29) is 6.61 Å². The van der Waals surface area contributed by atoms with E-state index in [0.29, 0.717) is 11.5 Å². The van der Waals surface area contributed by atoms with Crippen LogP contribution in [-0.4, -0.2) is 43.4 Å². The molecule has 1 aromatic heterocycles. The van der Waals surface area contributed by atoms with E-state index >= 15 is 0 Å². The molecule has 1 atom stereocenters. The van der Waals surface area contributed by atoms with Crippen LogP contribution in [0.3, 0.4) is 0 Å². The van der Waals surface area contributed by atoms with Crippen molar-refractivity contribution in [2.45, 2.75) is 11.9 Å². The number of nitrogens with zero attached hydrogens (tertiary/aromatic N) is 3. The quantitative estimate of drug-likeness (QED) is 0.668. The van der Waals surface area contributed by atoms with Gasteiger partial charge < -0.3 is 10.2 Å². The van der Waals surface area contributed by atoms with Crippen molar-refractivity contribution in [1.29, 1.82) is 0 Å². The fourth-order valence-electron chi connectivity index (χ4n) is 0.790. The van der Waals surface area contributed by atoms with Crippen molar-refractivity contribution in [2.24, 2.45) is 7.05 Å². The Balaban J connectivity index is 2.24. The van der Waals surface area contributed by atoms with E-state index in [1.165, 1.54) is 18.1 Å². The van der Waals surface area contributed by atoms with Gasteiger partial charge in [0, 0.05) is 12.8 Å². The molecule has 1 unspecified atom stereocenters. The Kier molecular flexibility index (Phi) is 4.20. The van der Waals surface area contributed by atoms with Gasteiger partial charge in [0.15, 0.2) is 0 Å². The van der Waals surface area contributed by atoms with Crippen LogP contribution >= 0.6 is 11.8 Å². The molecule has 0 radical (unpaired) electrons. The number of thioether (sulfide) groups is 1. The van der Waals surface area contributed by atoms with Gasteiger partial charge in [0.1, 0.15) is 12.2 Å². The third-order valence-electron chi connectivity index (χ3n) is 1.56. The van der Waals surface area contributed by atoms with Crippen LogP contribution in [-0.2, 0) is 12.8 Å². The minimum Gasteiger partial charge on any atom is -0.394 e. The first kappa shape index (κ1) is 10.5. The van der Waals surface area contributed by atoms with Gasteiger partial charge >= 0.3 is 0 Å². The third kappa shape index (κ3) is 3.33. The molecule has 1 rings (SSSR count). The summed E-state index contributed by atoms with van der Waals surface area (Å²) in [5.41, 5.74) is 0. The monoisotopic (exact) mass is 203 g/mol. The Morgan fingerprint density at radius 2 is 2.46 bits per heavy atom. The van der Waals surface area contributed by atoms with Crippen LogP contribution in [0.25, 0.3) is 0 Å². The molecule has 0 saturated heterocycles. The van der Waals surface area contributed by atoms with Crippen molar-refractivity contribution >= 4 is 11.8 Å². The molecule has 0 aliphatic carbocycles. The first-order valence-corrected chi connectivity index (χ1v) is 5.09. The van der Waals surface area contributed by atoms with Crippen LogP contribution in [0.1, 0.15) is 5.82 Å². The van der Waals surface area contributed by atoms with Crippen molar-refractivity contribution in [3.05, 3.63) is 12.2 Å². The summed E-state index contributed by atoms with van der Waals surface area (Å²) in [7, 11) is 1.82. The number of aliphatic hydroxyl groups excluding tert-OH is 2. The Morgan fingerprint density at radius 1 is 1.69 bits per heavy atom. The van der Waals surface area contributed by atoms with Crippen molar-refractivity contribution in [3.8, 4) is 0 Å². The fraction of sp³-hybridized carbons (Fsp3) is 0.714. The highest BCUT2D eigenvalue weighted by atomic mass is 32.2. The van der Waals surface area contributed by atoms with Gasteiger partial charge in [-0.1, -0.05) is 0 Å². The highest BCUT2D eigenvalue weighted by Crippen LogP contribution is 2.09. The average molecular weight is 203 g/mol. The minimum absolute atomic E-state index is 0.189. The predicted molar refractivity (Wildman–Crippen MR) is 50.3 cm³/mol. The van der Waals surface area contributed by atoms with E-state index in [2.05, 4.69) is 10.1 Å². The van der Waals surface area contributed by atoms with Gasteiger partial charge in [0.05, 0.1) is 18.5 Å². The minimum atomic E-state index is -0.641. The zero-order valence-electron chi connectivity index (χ0n) is 7.42. The number of aryl methyl sites for hydroxylation is 1. The Morgan fingerprint density at radius 3 is 3.00 bits per heavy atom. The number of hydrogen-bond donors (Lipinski definition) is 2. The van der Waals surface area contributed by atoms with E-state index in [1.807, 2.05) is 7.05 Å². The zero-order chi connectivity index (χ0) is 9.68. The molecule has 6 heteroatoms. The van der Waals surface area contributed by atoms with Crippen LogP contribution in [0.2, 0.25) is 0 Å². The van der Waals surface area contributed by atoms with Gasteiger partial charge in [-0.2, -0.15) is 16.9 Å². The molecule has 1 heterocycles. The maximum atomic E-state index is 9.04. The van der Waals surface area contributed by atoms with E-state index in [0.717, 1.165) is 5.82 Å². The van der Waals surface area contributed by atoms with Gasteiger partial charge in [0.2, 0.25) is 0 Å². The van der Waals surface area contributed by atoms with Gasteiger partial charge in [0.25, 0.3) is 0 Å². The number of aliphatic hydroxyl groups is 2. The maximum Gasteiger partial charge on any atom is 0.138 e. The molecule has 0 bridgehead atoms. The zero-order valence-corrected chi connectivity index (χ0v) is 8.24. The fourth-order valence-corrected chi connectivity index (χ4v) is 1.73. The summed E-state index contributed by atoms with van der Waals surface area (Å²) in [6.07, 6.45) is 0.858. The topological polar surface area (TPSA) is 71.2 Å². The second-order valence-corrected chi connectivity index (χ2v) is 3.68. The summed E-state index contributed by atoms with van der Waals surface area (Å²) in [5.74, 6) is 2.09. The molecular formula is C7H13N3O2S. The Hall–Kier alpha value is -0.590. The summed E-state index contributed by atoms with van der Waals surface area (Å²) < 4.78 is 1.69. The van der Waals surface area contributed by atoms with E-state index < -0.39 is 6.10 Å². The molecule has 1 aromatic rings. The summed E-state index contributed by atoms with van der Waals surface area (Å²) in [5, 5.41) is 21.5. The highest BCUT2D eigenvalue weighted by Gasteiger charge is 2.04. The smallest absolute Gasteiger partial charge is 0.138 e. The number of aromatic nitrogens is 3. The average Bonchev–Trinajstić information content (AvgIpc) is 2.52. The second kappa shape index (κ2) is 5.21. The Bertz CT molecular complexity index is 254. The molecule has 0 fully saturated rings. The van der Waals surface area contributed by atoms with Crippen molar-refractivity contribution in [3.63, 3.8) is 0 Å². The summed E-state index contributed by atoms with van der Waals surface area (Å²) in [4.78, 5) is 4.03. The largest absolute Gasteiger partial charge is 0.394 e. The molecule has 5 nitrogen and oxygen atoms in total. The lowest BCUT2D eigenvalue weighted by molar-refractivity contribution is 0.113. The van der Waals surface area contributed by atoms with Crippen molar-refractivity contribution < 1.29 is 10.2 Å². The lowest BCUT2D eigenvalue weighted by atomic mass is 10.4.